The van der Waals surface area contributed by atoms with E-state index >= 15 is 0 Å². The SMILES string of the molecule is CSc1[nH]n[c]c1C#N. The van der Waals surface area contributed by atoms with Crippen LogP contribution >= 0.6 is 11.8 Å². The molecule has 1 aromatic rings. The van der Waals surface area contributed by atoms with Crippen LogP contribution in [-0.2, 0) is 0 Å². The normalized spacial score (nSPS) is 8.89. The molecular weight excluding hydrogens is 134 g/mol. The molecule has 3 nitrogen and oxygen atoms in total. The van der Waals surface area contributed by atoms with Crippen molar-refractivity contribution in [2.75, 3.05) is 6.26 Å². The first kappa shape index (κ1) is 6.17. The highest BCUT2D eigenvalue weighted by Crippen LogP contribution is 2.13. The average Bonchev–Trinajstić information content (AvgIpc) is 2.33. The summed E-state index contributed by atoms with van der Waals surface area (Å²) in [6.07, 6.45) is 4.40. The Bertz CT molecular complexity index is 235. The Kier molecular flexibility index (Phi) is 1.75. The predicted molar refractivity (Wildman–Crippen MR) is 33.9 cm³/mol. The first-order valence-electron chi connectivity index (χ1n) is 2.28. The number of nitriles is 1. The first-order valence-corrected chi connectivity index (χ1v) is 3.51. The molecule has 9 heavy (non-hydrogen) atoms. The summed E-state index contributed by atoms with van der Waals surface area (Å²) in [6, 6.07) is 1.96. The Morgan fingerprint density at radius 3 is 3.11 bits per heavy atom. The van der Waals surface area contributed by atoms with E-state index in [2.05, 4.69) is 16.4 Å². The fraction of sp³-hybridized carbons (Fsp3) is 0.200. The van der Waals surface area contributed by atoms with Gasteiger partial charge in [-0.1, -0.05) is 0 Å². The highest BCUT2D eigenvalue weighted by Gasteiger charge is 2.00. The van der Waals surface area contributed by atoms with Gasteiger partial charge in [-0.15, -0.1) is 11.8 Å². The molecule has 0 bridgehead atoms. The molecule has 0 saturated carbocycles. The maximum atomic E-state index is 8.38. The molecule has 0 spiro atoms. The van der Waals surface area contributed by atoms with Crippen molar-refractivity contribution in [2.24, 2.45) is 0 Å². The first-order chi connectivity index (χ1) is 4.38. The van der Waals surface area contributed by atoms with Crippen LogP contribution in [0.15, 0.2) is 5.03 Å². The lowest BCUT2D eigenvalue weighted by atomic mass is 10.4. The highest BCUT2D eigenvalue weighted by atomic mass is 32.2. The van der Waals surface area contributed by atoms with Crippen LogP contribution in [-0.4, -0.2) is 16.5 Å². The van der Waals surface area contributed by atoms with Gasteiger partial charge < -0.3 is 0 Å². The maximum Gasteiger partial charge on any atom is 0.133 e. The molecule has 0 saturated heterocycles. The second kappa shape index (κ2) is 2.55. The van der Waals surface area contributed by atoms with Crippen molar-refractivity contribution in [1.82, 2.24) is 10.2 Å². The topological polar surface area (TPSA) is 52.5 Å². The van der Waals surface area contributed by atoms with Crippen molar-refractivity contribution in [1.29, 1.82) is 5.26 Å². The minimum absolute atomic E-state index is 0.488. The van der Waals surface area contributed by atoms with Crippen molar-refractivity contribution in [3.8, 4) is 6.07 Å². The van der Waals surface area contributed by atoms with Crippen molar-refractivity contribution >= 4 is 11.8 Å². The van der Waals surface area contributed by atoms with E-state index in [0.29, 0.717) is 5.56 Å². The van der Waals surface area contributed by atoms with Gasteiger partial charge in [-0.25, -0.2) is 0 Å². The molecule has 1 aromatic heterocycles. The van der Waals surface area contributed by atoms with Crippen LogP contribution in [0.4, 0.5) is 0 Å². The lowest BCUT2D eigenvalue weighted by Crippen LogP contribution is -1.72. The Morgan fingerprint density at radius 2 is 2.67 bits per heavy atom. The molecule has 0 fully saturated rings. The van der Waals surface area contributed by atoms with Crippen LogP contribution in [0.3, 0.4) is 0 Å². The minimum atomic E-state index is 0.488. The molecule has 0 aliphatic heterocycles. The Morgan fingerprint density at radius 1 is 1.89 bits per heavy atom. The van der Waals surface area contributed by atoms with Gasteiger partial charge in [0.2, 0.25) is 0 Å². The van der Waals surface area contributed by atoms with Crippen LogP contribution in [0, 0.1) is 17.5 Å². The number of nitrogens with one attached hydrogen (secondary N) is 1. The van der Waals surface area contributed by atoms with E-state index in [-0.39, 0.29) is 0 Å². The van der Waals surface area contributed by atoms with Gasteiger partial charge in [0.1, 0.15) is 22.9 Å². The summed E-state index contributed by atoms with van der Waals surface area (Å²) in [5, 5.41) is 15.4. The third-order valence-electron chi connectivity index (χ3n) is 0.868. The van der Waals surface area contributed by atoms with Crippen LogP contribution in [0.25, 0.3) is 0 Å². The number of H-pyrrole nitrogens is 1. The second-order valence-electron chi connectivity index (χ2n) is 1.36. The summed E-state index contributed by atoms with van der Waals surface area (Å²) in [4.78, 5) is 0. The summed E-state index contributed by atoms with van der Waals surface area (Å²) >= 11 is 1.45. The van der Waals surface area contributed by atoms with E-state index in [1.165, 1.54) is 11.8 Å². The average molecular weight is 138 g/mol. The molecule has 1 N–H and O–H groups in total. The third kappa shape index (κ3) is 1.06. The summed E-state index contributed by atoms with van der Waals surface area (Å²) in [5.41, 5.74) is 0.488. The molecule has 0 atom stereocenters. The molecule has 1 rings (SSSR count). The van der Waals surface area contributed by atoms with Crippen molar-refractivity contribution < 1.29 is 0 Å². The van der Waals surface area contributed by atoms with Crippen LogP contribution in [0.5, 0.6) is 0 Å². The van der Waals surface area contributed by atoms with Gasteiger partial charge in [-0.2, -0.15) is 10.4 Å². The van der Waals surface area contributed by atoms with E-state index in [1.807, 2.05) is 12.3 Å². The molecule has 4 heteroatoms. The lowest BCUT2D eigenvalue weighted by Gasteiger charge is -1.84. The summed E-state index contributed by atoms with van der Waals surface area (Å²) in [5.74, 6) is 0. The summed E-state index contributed by atoms with van der Waals surface area (Å²) < 4.78 is 0. The highest BCUT2D eigenvalue weighted by molar-refractivity contribution is 7.98. The van der Waals surface area contributed by atoms with Crippen molar-refractivity contribution in [3.63, 3.8) is 0 Å². The zero-order chi connectivity index (χ0) is 6.69. The van der Waals surface area contributed by atoms with Gasteiger partial charge in [0.05, 0.1) is 0 Å². The number of hydrogen-bond acceptors (Lipinski definition) is 3. The fourth-order valence-electron chi connectivity index (χ4n) is 0.465. The Labute approximate surface area is 57.1 Å². The molecule has 45 valence electrons. The fourth-order valence-corrected chi connectivity index (χ4v) is 0.897. The smallest absolute Gasteiger partial charge is 0.133 e. The molecule has 1 radical (unpaired) electrons. The Balaban J connectivity index is 3.02. The Hall–Kier alpha value is -0.950. The van der Waals surface area contributed by atoms with Gasteiger partial charge in [-0.05, 0) is 6.26 Å². The molecule has 0 aliphatic carbocycles. The molecular formula is C5H4N3S. The van der Waals surface area contributed by atoms with Gasteiger partial charge in [0.15, 0.2) is 0 Å². The molecule has 0 aliphatic rings. The zero-order valence-electron chi connectivity index (χ0n) is 4.80. The van der Waals surface area contributed by atoms with E-state index in [0.717, 1.165) is 5.03 Å². The van der Waals surface area contributed by atoms with Crippen LogP contribution < -0.4 is 0 Å². The van der Waals surface area contributed by atoms with Gasteiger partial charge >= 0.3 is 0 Å². The quantitative estimate of drug-likeness (QED) is 0.584. The number of rotatable bonds is 1. The lowest BCUT2D eigenvalue weighted by molar-refractivity contribution is 1.00. The molecule has 0 unspecified atom stereocenters. The maximum absolute atomic E-state index is 8.38. The largest absolute Gasteiger partial charge is 0.270 e. The van der Waals surface area contributed by atoms with Crippen LogP contribution in [0.2, 0.25) is 0 Å². The van der Waals surface area contributed by atoms with Gasteiger partial charge in [0.25, 0.3) is 0 Å². The number of aromatic nitrogens is 2. The summed E-state index contributed by atoms with van der Waals surface area (Å²) in [6.45, 7) is 0. The predicted octanol–water partition coefficient (Wildman–Crippen LogP) is 0.803. The minimum Gasteiger partial charge on any atom is -0.270 e. The molecule has 0 aromatic carbocycles. The monoisotopic (exact) mass is 138 g/mol. The second-order valence-corrected chi connectivity index (χ2v) is 2.17. The number of hydrogen-bond donors (Lipinski definition) is 1. The van der Waals surface area contributed by atoms with Crippen molar-refractivity contribution in [3.05, 3.63) is 11.8 Å². The summed E-state index contributed by atoms with van der Waals surface area (Å²) in [7, 11) is 0. The molecule has 1 heterocycles. The zero-order valence-corrected chi connectivity index (χ0v) is 5.62. The molecule has 0 amide bonds. The van der Waals surface area contributed by atoms with E-state index in [4.69, 9.17) is 5.26 Å². The number of nitrogens with zero attached hydrogens (tertiary/aromatic N) is 2. The van der Waals surface area contributed by atoms with E-state index in [9.17, 15) is 0 Å². The standard InChI is InChI=1S/C5H4N3S/c1-9-5-4(2-6)3-7-8-5/h1H3,(H,7,8). The van der Waals surface area contributed by atoms with Gasteiger partial charge in [0, 0.05) is 0 Å². The number of thioether (sulfide) groups is 1. The van der Waals surface area contributed by atoms with E-state index in [1.54, 1.807) is 0 Å². The number of aromatic amines is 1. The third-order valence-corrected chi connectivity index (χ3v) is 1.57. The van der Waals surface area contributed by atoms with Gasteiger partial charge in [-0.3, -0.25) is 5.10 Å². The van der Waals surface area contributed by atoms with E-state index < -0.39 is 0 Å². The van der Waals surface area contributed by atoms with Crippen molar-refractivity contribution in [2.45, 2.75) is 5.03 Å². The van der Waals surface area contributed by atoms with Crippen LogP contribution in [0.1, 0.15) is 5.56 Å².